The molecule has 0 spiro atoms. The topological polar surface area (TPSA) is 84.9 Å². The van der Waals surface area contributed by atoms with Gasteiger partial charge < -0.3 is 14.8 Å². The van der Waals surface area contributed by atoms with Crippen LogP contribution in [0.15, 0.2) is 42.5 Å². The molecule has 8 heteroatoms. The summed E-state index contributed by atoms with van der Waals surface area (Å²) in [6, 6.07) is 11.6. The molecular formula is C21H21ClN2O5. The first-order valence-electron chi connectivity index (χ1n) is 9.28. The molecule has 2 amide bonds. The molecule has 0 saturated heterocycles. The smallest absolute Gasteiger partial charge is 0.339 e. The summed E-state index contributed by atoms with van der Waals surface area (Å²) in [6.07, 6.45) is 1.66. The molecule has 0 radical (unpaired) electrons. The number of amides is 2. The van der Waals surface area contributed by atoms with E-state index in [1.165, 1.54) is 17.0 Å². The SMILES string of the molecule is CCCCOC(=O)c1cc(NC(=O)CN2C(=O)COc3ccccc32)ccc1Cl. The number of carbonyl (C=O) groups excluding carboxylic acids is 3. The highest BCUT2D eigenvalue weighted by Gasteiger charge is 2.27. The third kappa shape index (κ3) is 5.06. The predicted molar refractivity (Wildman–Crippen MR) is 110 cm³/mol. The summed E-state index contributed by atoms with van der Waals surface area (Å²) in [5.41, 5.74) is 1.10. The molecule has 0 atom stereocenters. The van der Waals surface area contributed by atoms with Gasteiger partial charge >= 0.3 is 5.97 Å². The summed E-state index contributed by atoms with van der Waals surface area (Å²) in [4.78, 5) is 38.3. The van der Waals surface area contributed by atoms with Gasteiger partial charge in [0.2, 0.25) is 5.91 Å². The number of para-hydroxylation sites is 2. The van der Waals surface area contributed by atoms with Crippen molar-refractivity contribution in [2.24, 2.45) is 0 Å². The molecule has 0 aromatic heterocycles. The molecule has 152 valence electrons. The van der Waals surface area contributed by atoms with E-state index < -0.39 is 11.9 Å². The van der Waals surface area contributed by atoms with Crippen molar-refractivity contribution in [2.45, 2.75) is 19.8 Å². The van der Waals surface area contributed by atoms with E-state index in [-0.39, 0.29) is 29.6 Å². The third-order valence-electron chi connectivity index (χ3n) is 4.31. The number of fused-ring (bicyclic) bond motifs is 1. The van der Waals surface area contributed by atoms with Gasteiger partial charge in [0, 0.05) is 5.69 Å². The fourth-order valence-electron chi connectivity index (χ4n) is 2.82. The van der Waals surface area contributed by atoms with Crippen LogP contribution in [0, 0.1) is 0 Å². The number of anilines is 2. The van der Waals surface area contributed by atoms with Crippen LogP contribution in [0.2, 0.25) is 5.02 Å². The molecule has 0 aliphatic carbocycles. The van der Waals surface area contributed by atoms with Crippen LogP contribution in [0.1, 0.15) is 30.1 Å². The quantitative estimate of drug-likeness (QED) is 0.550. The number of hydrogen-bond acceptors (Lipinski definition) is 5. The lowest BCUT2D eigenvalue weighted by Crippen LogP contribution is -2.43. The van der Waals surface area contributed by atoms with Crippen molar-refractivity contribution in [1.29, 1.82) is 0 Å². The molecule has 1 aliphatic heterocycles. The number of nitrogens with one attached hydrogen (secondary N) is 1. The van der Waals surface area contributed by atoms with Crippen LogP contribution in [0.3, 0.4) is 0 Å². The summed E-state index contributed by atoms with van der Waals surface area (Å²) < 4.78 is 10.6. The van der Waals surface area contributed by atoms with E-state index in [2.05, 4.69) is 5.32 Å². The Balaban J connectivity index is 1.69. The Bertz CT molecular complexity index is 931. The van der Waals surface area contributed by atoms with E-state index in [1.54, 1.807) is 30.3 Å². The number of rotatable bonds is 7. The standard InChI is InChI=1S/C21H21ClN2O5/c1-2-3-10-28-21(27)15-11-14(8-9-16(15)22)23-19(25)12-24-17-6-4-5-7-18(17)29-13-20(24)26/h4-9,11H,2-3,10,12-13H2,1H3,(H,23,25). The van der Waals surface area contributed by atoms with Gasteiger partial charge in [-0.15, -0.1) is 0 Å². The second-order valence-corrected chi connectivity index (χ2v) is 6.88. The molecule has 7 nitrogen and oxygen atoms in total. The minimum Gasteiger partial charge on any atom is -0.482 e. The molecule has 1 N–H and O–H groups in total. The summed E-state index contributed by atoms with van der Waals surface area (Å²) in [5.74, 6) is -0.724. The van der Waals surface area contributed by atoms with E-state index in [0.29, 0.717) is 23.7 Å². The molecule has 0 bridgehead atoms. The monoisotopic (exact) mass is 416 g/mol. The fraction of sp³-hybridized carbons (Fsp3) is 0.286. The Morgan fingerprint density at radius 3 is 2.83 bits per heavy atom. The van der Waals surface area contributed by atoms with Gasteiger partial charge in [0.15, 0.2) is 6.61 Å². The molecule has 1 heterocycles. The summed E-state index contributed by atoms with van der Waals surface area (Å²) in [5, 5.41) is 2.93. The van der Waals surface area contributed by atoms with Gasteiger partial charge in [0.25, 0.3) is 5.91 Å². The van der Waals surface area contributed by atoms with E-state index in [1.807, 2.05) is 6.92 Å². The molecule has 0 saturated carbocycles. The van der Waals surface area contributed by atoms with Crippen LogP contribution in [0.5, 0.6) is 5.75 Å². The highest BCUT2D eigenvalue weighted by atomic mass is 35.5. The van der Waals surface area contributed by atoms with Crippen molar-refractivity contribution in [2.75, 3.05) is 30.0 Å². The number of esters is 1. The predicted octanol–water partition coefficient (Wildman–Crippen LogP) is 3.66. The van der Waals surface area contributed by atoms with E-state index >= 15 is 0 Å². The number of ether oxygens (including phenoxy) is 2. The number of halogens is 1. The first-order valence-corrected chi connectivity index (χ1v) is 9.66. The van der Waals surface area contributed by atoms with E-state index in [4.69, 9.17) is 21.1 Å². The minimum absolute atomic E-state index is 0.126. The Morgan fingerprint density at radius 2 is 2.03 bits per heavy atom. The molecule has 3 rings (SSSR count). The molecule has 0 fully saturated rings. The molecule has 0 unspecified atom stereocenters. The fourth-order valence-corrected chi connectivity index (χ4v) is 3.01. The zero-order valence-electron chi connectivity index (χ0n) is 15.9. The van der Waals surface area contributed by atoms with Crippen molar-refractivity contribution >= 4 is 40.8 Å². The Kier molecular flexibility index (Phi) is 6.72. The zero-order chi connectivity index (χ0) is 20.8. The van der Waals surface area contributed by atoms with Gasteiger partial charge in [0.1, 0.15) is 12.3 Å². The maximum atomic E-state index is 12.5. The maximum Gasteiger partial charge on any atom is 0.339 e. The average molecular weight is 417 g/mol. The Morgan fingerprint density at radius 1 is 1.24 bits per heavy atom. The van der Waals surface area contributed by atoms with Gasteiger partial charge in [-0.25, -0.2) is 4.79 Å². The summed E-state index contributed by atoms with van der Waals surface area (Å²) in [6.45, 7) is 1.99. The van der Waals surface area contributed by atoms with Crippen LogP contribution >= 0.6 is 11.6 Å². The van der Waals surface area contributed by atoms with Crippen molar-refractivity contribution in [3.8, 4) is 5.75 Å². The maximum absolute atomic E-state index is 12.5. The van der Waals surface area contributed by atoms with E-state index in [0.717, 1.165) is 12.8 Å². The number of carbonyl (C=O) groups is 3. The van der Waals surface area contributed by atoms with Crippen molar-refractivity contribution in [3.63, 3.8) is 0 Å². The van der Waals surface area contributed by atoms with Gasteiger partial charge in [-0.3, -0.25) is 14.5 Å². The van der Waals surface area contributed by atoms with Crippen molar-refractivity contribution < 1.29 is 23.9 Å². The number of benzene rings is 2. The lowest BCUT2D eigenvalue weighted by molar-refractivity contribution is -0.123. The minimum atomic E-state index is -0.545. The van der Waals surface area contributed by atoms with Gasteiger partial charge in [-0.1, -0.05) is 37.1 Å². The highest BCUT2D eigenvalue weighted by Crippen LogP contribution is 2.31. The molecule has 2 aromatic carbocycles. The van der Waals surface area contributed by atoms with Crippen LogP contribution in [-0.4, -0.2) is 37.5 Å². The van der Waals surface area contributed by atoms with E-state index in [9.17, 15) is 14.4 Å². The van der Waals surface area contributed by atoms with Gasteiger partial charge in [0.05, 0.1) is 22.9 Å². The first kappa shape index (κ1) is 20.7. The number of nitrogens with zero attached hydrogens (tertiary/aromatic N) is 1. The molecule has 1 aliphatic rings. The number of hydrogen-bond donors (Lipinski definition) is 1. The third-order valence-corrected chi connectivity index (χ3v) is 4.64. The molecular weight excluding hydrogens is 396 g/mol. The second kappa shape index (κ2) is 9.43. The Hall–Kier alpha value is -3.06. The lowest BCUT2D eigenvalue weighted by atomic mass is 10.2. The van der Waals surface area contributed by atoms with Gasteiger partial charge in [-0.05, 0) is 36.8 Å². The molecule has 29 heavy (non-hydrogen) atoms. The number of unbranched alkanes of at least 4 members (excludes halogenated alkanes) is 1. The highest BCUT2D eigenvalue weighted by molar-refractivity contribution is 6.33. The van der Waals surface area contributed by atoms with Crippen LogP contribution in [0.25, 0.3) is 0 Å². The summed E-state index contributed by atoms with van der Waals surface area (Å²) in [7, 11) is 0. The van der Waals surface area contributed by atoms with Crippen LogP contribution in [-0.2, 0) is 14.3 Å². The average Bonchev–Trinajstić information content (AvgIpc) is 2.71. The molecule has 2 aromatic rings. The Labute approximate surface area is 173 Å². The second-order valence-electron chi connectivity index (χ2n) is 6.47. The van der Waals surface area contributed by atoms with Crippen LogP contribution < -0.4 is 15.0 Å². The largest absolute Gasteiger partial charge is 0.482 e. The van der Waals surface area contributed by atoms with Crippen LogP contribution in [0.4, 0.5) is 11.4 Å². The van der Waals surface area contributed by atoms with Crippen molar-refractivity contribution in [1.82, 2.24) is 0 Å². The lowest BCUT2D eigenvalue weighted by Gasteiger charge is -2.28. The normalized spacial score (nSPS) is 12.8. The first-order chi connectivity index (χ1) is 14.0. The zero-order valence-corrected chi connectivity index (χ0v) is 16.7. The van der Waals surface area contributed by atoms with Gasteiger partial charge in [-0.2, -0.15) is 0 Å². The van der Waals surface area contributed by atoms with Crippen molar-refractivity contribution in [3.05, 3.63) is 53.1 Å². The summed E-state index contributed by atoms with van der Waals surface area (Å²) >= 11 is 6.09.